The van der Waals surface area contributed by atoms with E-state index in [1.807, 2.05) is 0 Å². The number of ketones is 1. The zero-order valence-corrected chi connectivity index (χ0v) is 10.2. The minimum atomic E-state index is -1.20. The van der Waals surface area contributed by atoms with Crippen LogP contribution in [-0.2, 0) is 9.53 Å². The maximum absolute atomic E-state index is 13.6. The van der Waals surface area contributed by atoms with Crippen LogP contribution in [0.2, 0.25) is 0 Å². The van der Waals surface area contributed by atoms with Crippen molar-refractivity contribution in [3.05, 3.63) is 35.4 Å². The summed E-state index contributed by atoms with van der Waals surface area (Å²) in [6.45, 7) is 0.611. The summed E-state index contributed by atoms with van der Waals surface area (Å²) >= 11 is 0. The summed E-state index contributed by atoms with van der Waals surface area (Å²) in [6, 6.07) is 4.65. The molecule has 1 aromatic rings. The molecule has 2 atom stereocenters. The van der Waals surface area contributed by atoms with E-state index in [2.05, 4.69) is 0 Å². The van der Waals surface area contributed by atoms with Gasteiger partial charge in [-0.2, -0.15) is 5.26 Å². The predicted octanol–water partition coefficient (Wildman–Crippen LogP) is 2.71. The minimum Gasteiger partial charge on any atom is -0.378 e. The summed E-state index contributed by atoms with van der Waals surface area (Å²) in [5.41, 5.74) is -0.0769. The molecule has 1 aliphatic heterocycles. The van der Waals surface area contributed by atoms with Crippen LogP contribution in [0.3, 0.4) is 0 Å². The van der Waals surface area contributed by atoms with E-state index in [1.165, 1.54) is 0 Å². The maximum Gasteiger partial charge on any atom is 0.157 e. The third-order valence-electron chi connectivity index (χ3n) is 3.18. The number of benzene rings is 1. The Balaban J connectivity index is 2.14. The molecular weight excluding hydrogens is 252 g/mol. The third kappa shape index (κ3) is 3.15. The van der Waals surface area contributed by atoms with E-state index in [4.69, 9.17) is 10.00 Å². The molecule has 0 bridgehead atoms. The molecule has 0 spiro atoms. The molecular formula is C14H13F2NO2. The van der Waals surface area contributed by atoms with Gasteiger partial charge in [-0.25, -0.2) is 8.78 Å². The number of hydrogen-bond acceptors (Lipinski definition) is 3. The van der Waals surface area contributed by atoms with Gasteiger partial charge in [0.2, 0.25) is 0 Å². The van der Waals surface area contributed by atoms with Crippen LogP contribution in [0.4, 0.5) is 8.78 Å². The number of rotatable bonds is 4. The molecule has 1 aliphatic rings. The molecule has 2 unspecified atom stereocenters. The van der Waals surface area contributed by atoms with Crippen molar-refractivity contribution in [3.8, 4) is 6.07 Å². The van der Waals surface area contributed by atoms with Gasteiger partial charge in [0.05, 0.1) is 12.2 Å². The van der Waals surface area contributed by atoms with Crippen LogP contribution in [0, 0.1) is 23.0 Å². The van der Waals surface area contributed by atoms with Gasteiger partial charge >= 0.3 is 0 Å². The standard InChI is InChI=1S/C14H13F2NO2/c15-9-3-4-11(13(16)6-9)12(8-17)14(18)7-10-2-1-5-19-10/h3-4,6,10,12H,1-2,5,7H2. The van der Waals surface area contributed by atoms with E-state index in [-0.39, 0.29) is 23.9 Å². The molecule has 1 heterocycles. The molecule has 0 radical (unpaired) electrons. The highest BCUT2D eigenvalue weighted by molar-refractivity contribution is 5.88. The Morgan fingerprint density at radius 1 is 1.53 bits per heavy atom. The topological polar surface area (TPSA) is 50.1 Å². The number of carbonyl (C=O) groups excluding carboxylic acids is 1. The first-order valence-corrected chi connectivity index (χ1v) is 6.10. The van der Waals surface area contributed by atoms with Gasteiger partial charge in [0, 0.05) is 24.7 Å². The van der Waals surface area contributed by atoms with Gasteiger partial charge in [-0.05, 0) is 18.9 Å². The largest absolute Gasteiger partial charge is 0.378 e. The number of halogens is 2. The summed E-state index contributed by atoms with van der Waals surface area (Å²) in [6.07, 6.45) is 1.57. The van der Waals surface area contributed by atoms with Crippen molar-refractivity contribution < 1.29 is 18.3 Å². The first kappa shape index (κ1) is 13.6. The fraction of sp³-hybridized carbons (Fsp3) is 0.429. The number of Topliss-reactive ketones (excluding diaryl/α,β-unsaturated/α-hetero) is 1. The number of carbonyl (C=O) groups is 1. The summed E-state index contributed by atoms with van der Waals surface area (Å²) in [5.74, 6) is -3.19. The van der Waals surface area contributed by atoms with Crippen molar-refractivity contribution >= 4 is 5.78 Å². The Bertz CT molecular complexity index is 519. The highest BCUT2D eigenvalue weighted by Gasteiger charge is 2.27. The molecule has 19 heavy (non-hydrogen) atoms. The van der Waals surface area contributed by atoms with Crippen molar-refractivity contribution in [2.45, 2.75) is 31.3 Å². The molecule has 1 saturated heterocycles. The van der Waals surface area contributed by atoms with E-state index in [0.29, 0.717) is 12.7 Å². The highest BCUT2D eigenvalue weighted by atomic mass is 19.1. The second-order valence-electron chi connectivity index (χ2n) is 4.53. The number of nitrogens with zero attached hydrogens (tertiary/aromatic N) is 1. The Hall–Kier alpha value is -1.80. The van der Waals surface area contributed by atoms with Crippen LogP contribution < -0.4 is 0 Å². The molecule has 1 fully saturated rings. The predicted molar refractivity (Wildman–Crippen MR) is 63.3 cm³/mol. The Labute approximate surface area is 109 Å². The molecule has 5 heteroatoms. The highest BCUT2D eigenvalue weighted by Crippen LogP contribution is 2.25. The lowest BCUT2D eigenvalue weighted by atomic mass is 9.92. The van der Waals surface area contributed by atoms with Crippen LogP contribution in [-0.4, -0.2) is 18.5 Å². The van der Waals surface area contributed by atoms with Gasteiger partial charge in [-0.15, -0.1) is 0 Å². The molecule has 0 N–H and O–H groups in total. The lowest BCUT2D eigenvalue weighted by molar-refractivity contribution is -0.121. The minimum absolute atomic E-state index is 0.0769. The SMILES string of the molecule is N#CC(C(=O)CC1CCCO1)c1ccc(F)cc1F. The lowest BCUT2D eigenvalue weighted by Crippen LogP contribution is -2.19. The third-order valence-corrected chi connectivity index (χ3v) is 3.18. The van der Waals surface area contributed by atoms with Crippen molar-refractivity contribution in [1.82, 2.24) is 0 Å². The van der Waals surface area contributed by atoms with E-state index in [9.17, 15) is 13.6 Å². The average molecular weight is 265 g/mol. The van der Waals surface area contributed by atoms with Crippen molar-refractivity contribution in [3.63, 3.8) is 0 Å². The van der Waals surface area contributed by atoms with Crippen LogP contribution in [0.25, 0.3) is 0 Å². The quantitative estimate of drug-likeness (QED) is 0.841. The fourth-order valence-electron chi connectivity index (χ4n) is 2.20. The molecule has 1 aromatic carbocycles. The van der Waals surface area contributed by atoms with Crippen LogP contribution in [0.5, 0.6) is 0 Å². The van der Waals surface area contributed by atoms with E-state index < -0.39 is 17.6 Å². The van der Waals surface area contributed by atoms with Crippen LogP contribution >= 0.6 is 0 Å². The summed E-state index contributed by atoms with van der Waals surface area (Å²) in [4.78, 5) is 12.0. The molecule has 0 aromatic heterocycles. The number of hydrogen-bond donors (Lipinski definition) is 0. The molecule has 0 saturated carbocycles. The van der Waals surface area contributed by atoms with Gasteiger partial charge in [-0.3, -0.25) is 4.79 Å². The lowest BCUT2D eigenvalue weighted by Gasteiger charge is -2.13. The average Bonchev–Trinajstić information content (AvgIpc) is 2.85. The van der Waals surface area contributed by atoms with Gasteiger partial charge in [0.15, 0.2) is 5.78 Å². The Morgan fingerprint density at radius 3 is 2.89 bits per heavy atom. The monoisotopic (exact) mass is 265 g/mol. The molecule has 0 aliphatic carbocycles. The second-order valence-corrected chi connectivity index (χ2v) is 4.53. The maximum atomic E-state index is 13.6. The van der Waals surface area contributed by atoms with Crippen LogP contribution in [0.1, 0.15) is 30.7 Å². The first-order chi connectivity index (χ1) is 9.11. The summed E-state index contributed by atoms with van der Waals surface area (Å²) in [7, 11) is 0. The van der Waals surface area contributed by atoms with E-state index >= 15 is 0 Å². The van der Waals surface area contributed by atoms with Gasteiger partial charge in [-0.1, -0.05) is 6.07 Å². The number of nitriles is 1. The van der Waals surface area contributed by atoms with Gasteiger partial charge < -0.3 is 4.74 Å². The normalized spacial score (nSPS) is 19.9. The van der Waals surface area contributed by atoms with Crippen molar-refractivity contribution in [2.75, 3.05) is 6.61 Å². The van der Waals surface area contributed by atoms with E-state index in [0.717, 1.165) is 25.0 Å². The fourth-order valence-corrected chi connectivity index (χ4v) is 2.20. The Kier molecular flexibility index (Phi) is 4.23. The first-order valence-electron chi connectivity index (χ1n) is 6.10. The van der Waals surface area contributed by atoms with E-state index in [1.54, 1.807) is 6.07 Å². The van der Waals surface area contributed by atoms with Crippen molar-refractivity contribution in [2.24, 2.45) is 0 Å². The second kappa shape index (κ2) is 5.89. The summed E-state index contributed by atoms with van der Waals surface area (Å²) < 4.78 is 31.7. The molecule has 2 rings (SSSR count). The summed E-state index contributed by atoms with van der Waals surface area (Å²) in [5, 5.41) is 9.05. The number of ether oxygens (including phenoxy) is 1. The molecule has 0 amide bonds. The Morgan fingerprint density at radius 2 is 2.32 bits per heavy atom. The molecule has 3 nitrogen and oxygen atoms in total. The zero-order valence-electron chi connectivity index (χ0n) is 10.2. The molecule has 100 valence electrons. The van der Waals surface area contributed by atoms with Crippen molar-refractivity contribution in [1.29, 1.82) is 5.26 Å². The van der Waals surface area contributed by atoms with Gasteiger partial charge in [0.1, 0.15) is 17.6 Å². The van der Waals surface area contributed by atoms with Crippen LogP contribution in [0.15, 0.2) is 18.2 Å². The van der Waals surface area contributed by atoms with Gasteiger partial charge in [0.25, 0.3) is 0 Å². The zero-order chi connectivity index (χ0) is 13.8. The smallest absolute Gasteiger partial charge is 0.157 e.